The molecule has 0 unspecified atom stereocenters. The number of hydrogen-bond acceptors (Lipinski definition) is 8. The first-order valence-corrected chi connectivity index (χ1v) is 11.1. The summed E-state index contributed by atoms with van der Waals surface area (Å²) in [6.07, 6.45) is 0. The number of thiazole rings is 2. The predicted octanol–water partition coefficient (Wildman–Crippen LogP) is 5.72. The first-order valence-electron chi connectivity index (χ1n) is 9.43. The summed E-state index contributed by atoms with van der Waals surface area (Å²) in [5, 5.41) is 6.05. The lowest BCUT2D eigenvalue weighted by molar-refractivity contribution is 0.103. The maximum Gasteiger partial charge on any atom is 0.269 e. The normalized spacial score (nSPS) is 10.9. The van der Waals surface area contributed by atoms with Crippen LogP contribution in [0.15, 0.2) is 34.1 Å². The van der Waals surface area contributed by atoms with Crippen molar-refractivity contribution in [2.75, 3.05) is 19.5 Å². The summed E-state index contributed by atoms with van der Waals surface area (Å²) >= 11 is 2.70. The number of hydrogen-bond donors (Lipinski definition) is 1. The van der Waals surface area contributed by atoms with Gasteiger partial charge in [0.1, 0.15) is 21.4 Å². The molecular formula is C22H21N3O4S2. The van der Waals surface area contributed by atoms with Gasteiger partial charge in [0.15, 0.2) is 16.6 Å². The monoisotopic (exact) mass is 455 g/mol. The van der Waals surface area contributed by atoms with Gasteiger partial charge in [-0.25, -0.2) is 9.97 Å². The fraction of sp³-hybridized carbons (Fsp3) is 0.227. The van der Waals surface area contributed by atoms with Gasteiger partial charge in [0, 0.05) is 16.5 Å². The Morgan fingerprint density at radius 2 is 1.84 bits per heavy atom. The van der Waals surface area contributed by atoms with Crippen molar-refractivity contribution in [3.05, 3.63) is 51.7 Å². The zero-order valence-electron chi connectivity index (χ0n) is 17.7. The molecule has 0 aliphatic carbocycles. The van der Waals surface area contributed by atoms with Crippen LogP contribution in [-0.2, 0) is 0 Å². The van der Waals surface area contributed by atoms with E-state index in [1.54, 1.807) is 14.2 Å². The Balaban J connectivity index is 1.55. The first kappa shape index (κ1) is 21.1. The molecule has 0 saturated carbocycles. The highest BCUT2D eigenvalue weighted by molar-refractivity contribution is 7.17. The predicted molar refractivity (Wildman–Crippen MR) is 123 cm³/mol. The molecule has 0 aliphatic heterocycles. The highest BCUT2D eigenvalue weighted by Gasteiger charge is 2.19. The Labute approximate surface area is 187 Å². The van der Waals surface area contributed by atoms with Gasteiger partial charge in [-0.1, -0.05) is 0 Å². The van der Waals surface area contributed by atoms with Gasteiger partial charge in [-0.05, 0) is 45.0 Å². The Morgan fingerprint density at radius 1 is 1.06 bits per heavy atom. The molecule has 0 saturated heterocycles. The van der Waals surface area contributed by atoms with Crippen molar-refractivity contribution < 1.29 is 18.7 Å². The van der Waals surface area contributed by atoms with E-state index in [1.165, 1.54) is 22.7 Å². The van der Waals surface area contributed by atoms with Crippen LogP contribution in [0.1, 0.15) is 26.9 Å². The van der Waals surface area contributed by atoms with Crippen LogP contribution in [0.3, 0.4) is 0 Å². The molecule has 9 heteroatoms. The fourth-order valence-electron chi connectivity index (χ4n) is 3.19. The average molecular weight is 456 g/mol. The van der Waals surface area contributed by atoms with Crippen LogP contribution in [-0.4, -0.2) is 30.1 Å². The van der Waals surface area contributed by atoms with Crippen LogP contribution in [0.2, 0.25) is 0 Å². The van der Waals surface area contributed by atoms with Gasteiger partial charge in [-0.2, -0.15) is 0 Å². The number of amides is 1. The molecule has 1 N–H and O–H groups in total. The van der Waals surface area contributed by atoms with Crippen molar-refractivity contribution in [2.24, 2.45) is 0 Å². The van der Waals surface area contributed by atoms with E-state index in [4.69, 9.17) is 13.9 Å². The summed E-state index contributed by atoms with van der Waals surface area (Å²) in [5.74, 6) is 2.65. The lowest BCUT2D eigenvalue weighted by atomic mass is 10.2. The highest BCUT2D eigenvalue weighted by atomic mass is 32.1. The number of nitrogens with zero attached hydrogens (tertiary/aromatic N) is 2. The van der Waals surface area contributed by atoms with Crippen LogP contribution < -0.4 is 14.8 Å². The first-order chi connectivity index (χ1) is 14.9. The second kappa shape index (κ2) is 8.52. The number of carbonyl (C=O) groups excluding carboxylic acids is 1. The Bertz CT molecular complexity index is 1260. The molecule has 7 nitrogen and oxygen atoms in total. The Kier molecular flexibility index (Phi) is 5.79. The highest BCUT2D eigenvalue weighted by Crippen LogP contribution is 2.35. The molecule has 0 atom stereocenters. The topological polar surface area (TPSA) is 86.5 Å². The summed E-state index contributed by atoms with van der Waals surface area (Å²) in [6, 6.07) is 7.50. The number of furan rings is 1. The molecule has 0 aliphatic rings. The number of ether oxygens (including phenoxy) is 2. The van der Waals surface area contributed by atoms with Crippen molar-refractivity contribution >= 4 is 33.7 Å². The van der Waals surface area contributed by atoms with Gasteiger partial charge in [0.25, 0.3) is 5.91 Å². The lowest BCUT2D eigenvalue weighted by Crippen LogP contribution is -2.11. The number of anilines is 1. The maximum atomic E-state index is 12.9. The van der Waals surface area contributed by atoms with E-state index >= 15 is 0 Å². The smallest absolute Gasteiger partial charge is 0.269 e. The number of benzene rings is 1. The second-order valence-electron chi connectivity index (χ2n) is 6.82. The quantitative estimate of drug-likeness (QED) is 0.400. The SMILES string of the molecule is COc1ccc(-c2nc(C)c(C(=O)Nc3nc(-c4cc(C)oc4C)cs3)s2)cc1OC. The van der Waals surface area contributed by atoms with Gasteiger partial charge in [0.2, 0.25) is 0 Å². The molecule has 1 amide bonds. The number of aromatic nitrogens is 2. The molecule has 0 spiro atoms. The van der Waals surface area contributed by atoms with Crippen molar-refractivity contribution in [3.8, 4) is 33.3 Å². The molecule has 0 bridgehead atoms. The largest absolute Gasteiger partial charge is 0.493 e. The summed E-state index contributed by atoms with van der Waals surface area (Å²) in [7, 11) is 3.18. The van der Waals surface area contributed by atoms with Crippen molar-refractivity contribution in [1.29, 1.82) is 0 Å². The van der Waals surface area contributed by atoms with Gasteiger partial charge in [0.05, 0.1) is 25.6 Å². The zero-order chi connectivity index (χ0) is 22.1. The second-order valence-corrected chi connectivity index (χ2v) is 8.68. The summed E-state index contributed by atoms with van der Waals surface area (Å²) in [5.41, 5.74) is 3.22. The molecule has 31 heavy (non-hydrogen) atoms. The molecule has 0 radical (unpaired) electrons. The van der Waals surface area contributed by atoms with E-state index < -0.39 is 0 Å². The molecule has 160 valence electrons. The van der Waals surface area contributed by atoms with Crippen molar-refractivity contribution in [2.45, 2.75) is 20.8 Å². The number of rotatable bonds is 6. The minimum atomic E-state index is -0.234. The Morgan fingerprint density at radius 3 is 2.52 bits per heavy atom. The molecule has 4 aromatic rings. The maximum absolute atomic E-state index is 12.9. The number of nitrogens with one attached hydrogen (secondary N) is 1. The van der Waals surface area contributed by atoms with E-state index in [1.807, 2.05) is 50.4 Å². The summed E-state index contributed by atoms with van der Waals surface area (Å²) in [4.78, 5) is 22.5. The number of carbonyl (C=O) groups is 1. The van der Waals surface area contributed by atoms with Crippen molar-refractivity contribution in [3.63, 3.8) is 0 Å². The molecule has 3 aromatic heterocycles. The van der Waals surface area contributed by atoms with Crippen LogP contribution in [0.5, 0.6) is 11.5 Å². The van der Waals surface area contributed by atoms with Crippen LogP contribution in [0.25, 0.3) is 21.8 Å². The van der Waals surface area contributed by atoms with Crippen LogP contribution >= 0.6 is 22.7 Å². The van der Waals surface area contributed by atoms with Crippen LogP contribution in [0, 0.1) is 20.8 Å². The standard InChI is InChI=1S/C22H21N3O4S2/c1-11-8-15(13(3)29-11)16-10-30-22(24-16)25-20(26)19-12(2)23-21(31-19)14-6-7-17(27-4)18(9-14)28-5/h6-10H,1-5H3,(H,24,25,26). The Hall–Kier alpha value is -3.17. The van der Waals surface area contributed by atoms with Gasteiger partial charge in [-0.3, -0.25) is 10.1 Å². The third-order valence-corrected chi connectivity index (χ3v) is 6.64. The number of methoxy groups -OCH3 is 2. The summed E-state index contributed by atoms with van der Waals surface area (Å²) in [6.45, 7) is 5.62. The fourth-order valence-corrected chi connectivity index (χ4v) is 4.86. The molecule has 0 fully saturated rings. The van der Waals surface area contributed by atoms with E-state index in [9.17, 15) is 4.79 Å². The number of aryl methyl sites for hydroxylation is 3. The van der Waals surface area contributed by atoms with Gasteiger partial charge >= 0.3 is 0 Å². The molecular weight excluding hydrogens is 434 g/mol. The van der Waals surface area contributed by atoms with Gasteiger partial charge in [-0.15, -0.1) is 22.7 Å². The minimum absolute atomic E-state index is 0.234. The summed E-state index contributed by atoms with van der Waals surface area (Å²) < 4.78 is 16.2. The third-order valence-electron chi connectivity index (χ3n) is 4.67. The molecule has 1 aromatic carbocycles. The van der Waals surface area contributed by atoms with E-state index in [2.05, 4.69) is 15.3 Å². The average Bonchev–Trinajstić information content (AvgIpc) is 3.45. The minimum Gasteiger partial charge on any atom is -0.493 e. The molecule has 3 heterocycles. The third kappa shape index (κ3) is 4.19. The van der Waals surface area contributed by atoms with E-state index in [0.717, 1.165) is 33.3 Å². The molecule has 4 rings (SSSR count). The lowest BCUT2D eigenvalue weighted by Gasteiger charge is -2.08. The van der Waals surface area contributed by atoms with E-state index in [-0.39, 0.29) is 5.91 Å². The van der Waals surface area contributed by atoms with Crippen molar-refractivity contribution in [1.82, 2.24) is 9.97 Å². The van der Waals surface area contributed by atoms with Crippen LogP contribution in [0.4, 0.5) is 5.13 Å². The zero-order valence-corrected chi connectivity index (χ0v) is 19.4. The van der Waals surface area contributed by atoms with Gasteiger partial charge < -0.3 is 13.9 Å². The van der Waals surface area contributed by atoms with E-state index in [0.29, 0.717) is 27.2 Å².